The predicted octanol–water partition coefficient (Wildman–Crippen LogP) is 1.06. The highest BCUT2D eigenvalue weighted by Crippen LogP contribution is 2.26. The summed E-state index contributed by atoms with van der Waals surface area (Å²) in [5.41, 5.74) is 6.13. The van der Waals surface area contributed by atoms with E-state index in [9.17, 15) is 0 Å². The molecule has 2 rings (SSSR count). The Hall–Kier alpha value is -0.120. The van der Waals surface area contributed by atoms with Gasteiger partial charge < -0.3 is 15.2 Å². The third-order valence-electron chi connectivity index (χ3n) is 3.01. The van der Waals surface area contributed by atoms with Crippen molar-refractivity contribution >= 4 is 0 Å². The van der Waals surface area contributed by atoms with Crippen LogP contribution in [0.25, 0.3) is 0 Å². The van der Waals surface area contributed by atoms with E-state index in [4.69, 9.17) is 15.2 Å². The molecule has 0 bridgehead atoms. The molecule has 2 fully saturated rings. The van der Waals surface area contributed by atoms with Crippen LogP contribution in [0.5, 0.6) is 0 Å². The van der Waals surface area contributed by atoms with Crippen molar-refractivity contribution in [3.63, 3.8) is 0 Å². The summed E-state index contributed by atoms with van der Waals surface area (Å²) in [6, 6.07) is 0. The standard InChI is InChI=1S/C10H19NO2/c11-10(4-2-5-12-8-10)7-9-3-1-6-13-9/h9H,1-8,11H2. The lowest BCUT2D eigenvalue weighted by molar-refractivity contribution is 0.00497. The van der Waals surface area contributed by atoms with E-state index in [1.54, 1.807) is 0 Å². The second-order valence-corrected chi connectivity index (χ2v) is 4.36. The highest BCUT2D eigenvalue weighted by Gasteiger charge is 2.32. The van der Waals surface area contributed by atoms with Crippen molar-refractivity contribution in [1.29, 1.82) is 0 Å². The van der Waals surface area contributed by atoms with Crippen LogP contribution in [0.2, 0.25) is 0 Å². The molecule has 0 aromatic heterocycles. The summed E-state index contributed by atoms with van der Waals surface area (Å²) in [6.45, 7) is 2.51. The van der Waals surface area contributed by atoms with Crippen LogP contribution in [0.4, 0.5) is 0 Å². The normalized spacial score (nSPS) is 40.8. The molecule has 0 aliphatic carbocycles. The van der Waals surface area contributed by atoms with Crippen molar-refractivity contribution in [2.75, 3.05) is 19.8 Å². The molecule has 0 aromatic rings. The maximum atomic E-state index is 6.23. The van der Waals surface area contributed by atoms with Gasteiger partial charge in [-0.25, -0.2) is 0 Å². The molecular formula is C10H19NO2. The van der Waals surface area contributed by atoms with Crippen molar-refractivity contribution < 1.29 is 9.47 Å². The first-order chi connectivity index (χ1) is 6.29. The molecule has 2 aliphatic heterocycles. The Labute approximate surface area is 79.6 Å². The lowest BCUT2D eigenvalue weighted by Crippen LogP contribution is -2.49. The largest absolute Gasteiger partial charge is 0.380 e. The van der Waals surface area contributed by atoms with Crippen LogP contribution >= 0.6 is 0 Å². The van der Waals surface area contributed by atoms with Crippen LogP contribution in [0.15, 0.2) is 0 Å². The fraction of sp³-hybridized carbons (Fsp3) is 1.00. The smallest absolute Gasteiger partial charge is 0.0647 e. The van der Waals surface area contributed by atoms with Crippen molar-refractivity contribution in [3.8, 4) is 0 Å². The topological polar surface area (TPSA) is 44.5 Å². The molecule has 0 spiro atoms. The first kappa shape index (κ1) is 9.44. The number of ether oxygens (including phenoxy) is 2. The Kier molecular flexibility index (Phi) is 2.86. The van der Waals surface area contributed by atoms with Gasteiger partial charge in [0, 0.05) is 18.8 Å². The van der Waals surface area contributed by atoms with Crippen molar-refractivity contribution in [2.24, 2.45) is 5.73 Å². The zero-order chi connectivity index (χ0) is 9.15. The van der Waals surface area contributed by atoms with E-state index < -0.39 is 0 Å². The van der Waals surface area contributed by atoms with Crippen molar-refractivity contribution in [2.45, 2.75) is 43.7 Å². The fourth-order valence-corrected chi connectivity index (χ4v) is 2.29. The third kappa shape index (κ3) is 2.42. The molecule has 2 atom stereocenters. The molecule has 0 radical (unpaired) electrons. The molecule has 0 aromatic carbocycles. The maximum Gasteiger partial charge on any atom is 0.0647 e. The predicted molar refractivity (Wildman–Crippen MR) is 50.6 cm³/mol. The van der Waals surface area contributed by atoms with Crippen LogP contribution in [-0.2, 0) is 9.47 Å². The molecule has 3 heteroatoms. The molecule has 2 aliphatic rings. The Bertz CT molecular complexity index is 160. The molecule has 76 valence electrons. The monoisotopic (exact) mass is 185 g/mol. The van der Waals surface area contributed by atoms with E-state index >= 15 is 0 Å². The van der Waals surface area contributed by atoms with Gasteiger partial charge in [-0.2, -0.15) is 0 Å². The van der Waals surface area contributed by atoms with Crippen LogP contribution in [-0.4, -0.2) is 31.5 Å². The molecule has 2 unspecified atom stereocenters. The molecule has 0 saturated carbocycles. The lowest BCUT2D eigenvalue weighted by Gasteiger charge is -2.34. The first-order valence-corrected chi connectivity index (χ1v) is 5.27. The highest BCUT2D eigenvalue weighted by atomic mass is 16.5. The maximum absolute atomic E-state index is 6.23. The van der Waals surface area contributed by atoms with Gasteiger partial charge in [0.2, 0.25) is 0 Å². The zero-order valence-electron chi connectivity index (χ0n) is 8.13. The average Bonchev–Trinajstić information content (AvgIpc) is 2.57. The molecule has 13 heavy (non-hydrogen) atoms. The summed E-state index contributed by atoms with van der Waals surface area (Å²) < 4.78 is 11.0. The van der Waals surface area contributed by atoms with E-state index in [1.807, 2.05) is 0 Å². The van der Waals surface area contributed by atoms with Gasteiger partial charge in [0.25, 0.3) is 0 Å². The van der Waals surface area contributed by atoms with Crippen molar-refractivity contribution in [1.82, 2.24) is 0 Å². The molecule has 2 saturated heterocycles. The van der Waals surface area contributed by atoms with Gasteiger partial charge >= 0.3 is 0 Å². The van der Waals surface area contributed by atoms with Gasteiger partial charge in [-0.15, -0.1) is 0 Å². The Morgan fingerprint density at radius 3 is 2.85 bits per heavy atom. The van der Waals surface area contributed by atoms with Gasteiger partial charge in [-0.05, 0) is 32.1 Å². The highest BCUT2D eigenvalue weighted by molar-refractivity contribution is 4.89. The zero-order valence-corrected chi connectivity index (χ0v) is 8.13. The average molecular weight is 185 g/mol. The summed E-state index contributed by atoms with van der Waals surface area (Å²) in [7, 11) is 0. The van der Waals surface area contributed by atoms with Crippen LogP contribution in [0, 0.1) is 0 Å². The van der Waals surface area contributed by atoms with Gasteiger partial charge in [0.15, 0.2) is 0 Å². The van der Waals surface area contributed by atoms with E-state index in [-0.39, 0.29) is 5.54 Å². The Morgan fingerprint density at radius 2 is 2.23 bits per heavy atom. The van der Waals surface area contributed by atoms with E-state index in [0.717, 1.165) is 32.5 Å². The van der Waals surface area contributed by atoms with Gasteiger partial charge in [0.05, 0.1) is 12.7 Å². The van der Waals surface area contributed by atoms with Crippen LogP contribution < -0.4 is 5.73 Å². The summed E-state index contributed by atoms with van der Waals surface area (Å²) in [4.78, 5) is 0. The second-order valence-electron chi connectivity index (χ2n) is 4.36. The van der Waals surface area contributed by atoms with Crippen LogP contribution in [0.1, 0.15) is 32.1 Å². The van der Waals surface area contributed by atoms with Crippen LogP contribution in [0.3, 0.4) is 0 Å². The summed E-state index contributed by atoms with van der Waals surface area (Å²) in [6.07, 6.45) is 5.94. The molecule has 3 nitrogen and oxygen atoms in total. The molecule has 0 amide bonds. The second kappa shape index (κ2) is 3.95. The number of hydrogen-bond donors (Lipinski definition) is 1. The van der Waals surface area contributed by atoms with Crippen molar-refractivity contribution in [3.05, 3.63) is 0 Å². The minimum absolute atomic E-state index is 0.104. The Balaban J connectivity index is 1.83. The summed E-state index contributed by atoms with van der Waals surface area (Å²) in [5.74, 6) is 0. The minimum Gasteiger partial charge on any atom is -0.380 e. The van der Waals surface area contributed by atoms with E-state index in [1.165, 1.54) is 12.8 Å². The third-order valence-corrected chi connectivity index (χ3v) is 3.01. The van der Waals surface area contributed by atoms with E-state index in [2.05, 4.69) is 0 Å². The van der Waals surface area contributed by atoms with Gasteiger partial charge in [0.1, 0.15) is 0 Å². The SMILES string of the molecule is NC1(CC2CCCO2)CCCOC1. The molecular weight excluding hydrogens is 166 g/mol. The first-order valence-electron chi connectivity index (χ1n) is 5.27. The minimum atomic E-state index is -0.104. The number of rotatable bonds is 2. The fourth-order valence-electron chi connectivity index (χ4n) is 2.29. The van der Waals surface area contributed by atoms with Gasteiger partial charge in [-0.3, -0.25) is 0 Å². The Morgan fingerprint density at radius 1 is 1.31 bits per heavy atom. The molecule has 2 N–H and O–H groups in total. The summed E-state index contributed by atoms with van der Waals surface area (Å²) in [5, 5.41) is 0. The van der Waals surface area contributed by atoms with Gasteiger partial charge in [-0.1, -0.05) is 0 Å². The van der Waals surface area contributed by atoms with E-state index in [0.29, 0.717) is 12.7 Å². The quantitative estimate of drug-likeness (QED) is 0.699. The summed E-state index contributed by atoms with van der Waals surface area (Å²) >= 11 is 0. The number of hydrogen-bond acceptors (Lipinski definition) is 3. The number of nitrogens with two attached hydrogens (primary N) is 1. The lowest BCUT2D eigenvalue weighted by atomic mass is 9.87. The molecule has 2 heterocycles.